The second-order valence-corrected chi connectivity index (χ2v) is 4.16. The zero-order chi connectivity index (χ0) is 11.5. The van der Waals surface area contributed by atoms with Crippen LogP contribution in [0.25, 0.3) is 0 Å². The van der Waals surface area contributed by atoms with Crippen LogP contribution in [0.15, 0.2) is 12.4 Å². The fourth-order valence-corrected chi connectivity index (χ4v) is 1.98. The summed E-state index contributed by atoms with van der Waals surface area (Å²) in [6.45, 7) is 5.83. The normalized spacial score (nSPS) is 25.8. The van der Waals surface area contributed by atoms with Gasteiger partial charge in [0.1, 0.15) is 18.0 Å². The topological polar surface area (TPSA) is 64.3 Å². The fourth-order valence-electron chi connectivity index (χ4n) is 1.98. The monoisotopic (exact) mass is 222 g/mol. The lowest BCUT2D eigenvalue weighted by atomic mass is 10.1. The zero-order valence-corrected chi connectivity index (χ0v) is 9.76. The Hall–Kier alpha value is -1.36. The number of nitrogens with two attached hydrogens (primary N) is 1. The Morgan fingerprint density at radius 3 is 3.06 bits per heavy atom. The third-order valence-electron chi connectivity index (χ3n) is 2.91. The highest BCUT2D eigenvalue weighted by Crippen LogP contribution is 2.21. The third-order valence-corrected chi connectivity index (χ3v) is 2.91. The van der Waals surface area contributed by atoms with E-state index in [1.807, 2.05) is 6.07 Å². The highest BCUT2D eigenvalue weighted by molar-refractivity contribution is 5.47. The van der Waals surface area contributed by atoms with Gasteiger partial charge < -0.3 is 15.4 Å². The van der Waals surface area contributed by atoms with Crippen molar-refractivity contribution in [1.29, 1.82) is 0 Å². The van der Waals surface area contributed by atoms with Gasteiger partial charge in [-0.25, -0.2) is 9.97 Å². The van der Waals surface area contributed by atoms with Gasteiger partial charge in [-0.3, -0.25) is 0 Å². The molecule has 2 unspecified atom stereocenters. The van der Waals surface area contributed by atoms with Gasteiger partial charge in [0.05, 0.1) is 18.8 Å². The molecular formula is C11H18N4O. The number of anilines is 2. The summed E-state index contributed by atoms with van der Waals surface area (Å²) in [5.41, 5.74) is 5.68. The molecule has 1 saturated heterocycles. The highest BCUT2D eigenvalue weighted by Gasteiger charge is 2.26. The van der Waals surface area contributed by atoms with Crippen molar-refractivity contribution in [2.75, 3.05) is 23.8 Å². The number of hydrogen-bond donors (Lipinski definition) is 1. The van der Waals surface area contributed by atoms with Gasteiger partial charge in [-0.15, -0.1) is 0 Å². The van der Waals surface area contributed by atoms with Crippen LogP contribution in [0.4, 0.5) is 11.6 Å². The summed E-state index contributed by atoms with van der Waals surface area (Å²) in [6, 6.07) is 2.20. The van der Waals surface area contributed by atoms with E-state index in [4.69, 9.17) is 10.5 Å². The molecule has 16 heavy (non-hydrogen) atoms. The molecule has 0 spiro atoms. The standard InChI is InChI=1S/C11H18N4O/c1-3-9-6-16-8(2)5-15(9)11-4-10(12)13-7-14-11/h4,7-9H,3,5-6H2,1-2H3,(H2,12,13,14). The SMILES string of the molecule is CCC1COC(C)CN1c1cc(N)ncn1. The maximum atomic E-state index is 5.68. The molecule has 2 atom stereocenters. The number of nitrogens with zero attached hydrogens (tertiary/aromatic N) is 3. The summed E-state index contributed by atoms with van der Waals surface area (Å²) in [4.78, 5) is 10.4. The van der Waals surface area contributed by atoms with Gasteiger partial charge in [-0.2, -0.15) is 0 Å². The van der Waals surface area contributed by atoms with Crippen LogP contribution in [0.1, 0.15) is 20.3 Å². The molecule has 1 aromatic heterocycles. The Bertz CT molecular complexity index is 358. The Morgan fingerprint density at radius 1 is 1.56 bits per heavy atom. The minimum atomic E-state index is 0.235. The van der Waals surface area contributed by atoms with E-state index >= 15 is 0 Å². The number of morpholine rings is 1. The van der Waals surface area contributed by atoms with Gasteiger partial charge in [-0.1, -0.05) is 6.92 Å². The molecule has 0 aliphatic carbocycles. The minimum absolute atomic E-state index is 0.235. The molecule has 1 aliphatic heterocycles. The molecule has 0 saturated carbocycles. The zero-order valence-electron chi connectivity index (χ0n) is 9.76. The average molecular weight is 222 g/mol. The Morgan fingerprint density at radius 2 is 2.38 bits per heavy atom. The van der Waals surface area contributed by atoms with Crippen molar-refractivity contribution in [3.63, 3.8) is 0 Å². The van der Waals surface area contributed by atoms with Crippen molar-refractivity contribution in [3.05, 3.63) is 12.4 Å². The fraction of sp³-hybridized carbons (Fsp3) is 0.636. The molecule has 0 radical (unpaired) electrons. The van der Waals surface area contributed by atoms with Gasteiger partial charge in [0.15, 0.2) is 0 Å². The molecule has 2 rings (SSSR count). The molecule has 1 aliphatic rings. The van der Waals surface area contributed by atoms with E-state index in [9.17, 15) is 0 Å². The average Bonchev–Trinajstić information content (AvgIpc) is 2.29. The predicted octanol–water partition coefficient (Wildman–Crippen LogP) is 1.06. The van der Waals surface area contributed by atoms with E-state index in [2.05, 4.69) is 28.7 Å². The van der Waals surface area contributed by atoms with E-state index in [1.54, 1.807) is 0 Å². The molecule has 0 bridgehead atoms. The molecule has 2 N–H and O–H groups in total. The molecule has 0 aromatic carbocycles. The van der Waals surface area contributed by atoms with Crippen molar-refractivity contribution in [2.24, 2.45) is 0 Å². The van der Waals surface area contributed by atoms with Crippen LogP contribution in [0.3, 0.4) is 0 Å². The summed E-state index contributed by atoms with van der Waals surface area (Å²) in [5, 5.41) is 0. The lowest BCUT2D eigenvalue weighted by molar-refractivity contribution is 0.0296. The van der Waals surface area contributed by atoms with E-state index in [1.165, 1.54) is 6.33 Å². The largest absolute Gasteiger partial charge is 0.384 e. The number of aromatic nitrogens is 2. The maximum absolute atomic E-state index is 5.68. The highest BCUT2D eigenvalue weighted by atomic mass is 16.5. The maximum Gasteiger partial charge on any atom is 0.134 e. The lowest BCUT2D eigenvalue weighted by Crippen LogP contribution is -2.49. The molecular weight excluding hydrogens is 204 g/mol. The van der Waals surface area contributed by atoms with Crippen LogP contribution < -0.4 is 10.6 Å². The molecule has 5 nitrogen and oxygen atoms in total. The summed E-state index contributed by atoms with van der Waals surface area (Å²) >= 11 is 0. The number of ether oxygens (including phenoxy) is 1. The predicted molar refractivity (Wildman–Crippen MR) is 63.3 cm³/mol. The van der Waals surface area contributed by atoms with E-state index < -0.39 is 0 Å². The number of rotatable bonds is 2. The first-order valence-corrected chi connectivity index (χ1v) is 5.66. The summed E-state index contributed by atoms with van der Waals surface area (Å²) < 4.78 is 5.65. The summed E-state index contributed by atoms with van der Waals surface area (Å²) in [6.07, 6.45) is 2.78. The quantitative estimate of drug-likeness (QED) is 0.810. The third kappa shape index (κ3) is 2.24. The second kappa shape index (κ2) is 4.65. The van der Waals surface area contributed by atoms with Crippen LogP contribution in [0.5, 0.6) is 0 Å². The van der Waals surface area contributed by atoms with Gasteiger partial charge in [0, 0.05) is 12.6 Å². The van der Waals surface area contributed by atoms with E-state index in [-0.39, 0.29) is 6.10 Å². The van der Waals surface area contributed by atoms with Crippen molar-refractivity contribution in [1.82, 2.24) is 9.97 Å². The smallest absolute Gasteiger partial charge is 0.134 e. The molecule has 1 aromatic rings. The first-order chi connectivity index (χ1) is 7.70. The molecule has 5 heteroatoms. The first kappa shape index (κ1) is 11.1. The van der Waals surface area contributed by atoms with E-state index in [0.29, 0.717) is 11.9 Å². The van der Waals surface area contributed by atoms with Gasteiger partial charge >= 0.3 is 0 Å². The molecule has 88 valence electrons. The van der Waals surface area contributed by atoms with Crippen LogP contribution in [-0.4, -0.2) is 35.3 Å². The molecule has 1 fully saturated rings. The van der Waals surface area contributed by atoms with Gasteiger partial charge in [-0.05, 0) is 13.3 Å². The van der Waals surface area contributed by atoms with Crippen LogP contribution >= 0.6 is 0 Å². The van der Waals surface area contributed by atoms with Gasteiger partial charge in [0.2, 0.25) is 0 Å². The second-order valence-electron chi connectivity index (χ2n) is 4.16. The van der Waals surface area contributed by atoms with Crippen LogP contribution in [-0.2, 0) is 4.74 Å². The number of hydrogen-bond acceptors (Lipinski definition) is 5. The van der Waals surface area contributed by atoms with Crippen molar-refractivity contribution in [2.45, 2.75) is 32.4 Å². The van der Waals surface area contributed by atoms with Crippen molar-refractivity contribution in [3.8, 4) is 0 Å². The number of nitrogen functional groups attached to an aromatic ring is 1. The van der Waals surface area contributed by atoms with Crippen LogP contribution in [0, 0.1) is 0 Å². The lowest BCUT2D eigenvalue weighted by Gasteiger charge is -2.39. The van der Waals surface area contributed by atoms with Crippen molar-refractivity contribution >= 4 is 11.6 Å². The van der Waals surface area contributed by atoms with Gasteiger partial charge in [0.25, 0.3) is 0 Å². The van der Waals surface area contributed by atoms with Crippen LogP contribution in [0.2, 0.25) is 0 Å². The van der Waals surface area contributed by atoms with Crippen molar-refractivity contribution < 1.29 is 4.74 Å². The Kier molecular flexibility index (Phi) is 3.24. The summed E-state index contributed by atoms with van der Waals surface area (Å²) in [5.74, 6) is 1.41. The summed E-state index contributed by atoms with van der Waals surface area (Å²) in [7, 11) is 0. The Balaban J connectivity index is 2.22. The molecule has 2 heterocycles. The minimum Gasteiger partial charge on any atom is -0.384 e. The Labute approximate surface area is 95.6 Å². The first-order valence-electron chi connectivity index (χ1n) is 5.66. The molecule has 0 amide bonds. The van der Waals surface area contributed by atoms with E-state index in [0.717, 1.165) is 25.4 Å².